The largest absolute Gasteiger partial charge is 0.394 e. The van der Waals surface area contributed by atoms with Gasteiger partial charge in [-0.05, 0) is 12.8 Å². The van der Waals surface area contributed by atoms with Gasteiger partial charge < -0.3 is 29.9 Å². The Hall–Kier alpha value is -0.240. The van der Waals surface area contributed by atoms with E-state index in [1.54, 1.807) is 0 Å². The van der Waals surface area contributed by atoms with E-state index < -0.39 is 37.3 Å². The summed E-state index contributed by atoms with van der Waals surface area (Å²) < 4.78 is 11.4. The van der Waals surface area contributed by atoms with Crippen LogP contribution >= 0.6 is 0 Å². The zero-order valence-electron chi connectivity index (χ0n) is 16.6. The van der Waals surface area contributed by atoms with E-state index in [0.717, 1.165) is 25.7 Å². The third-order valence-corrected chi connectivity index (χ3v) is 5.17. The van der Waals surface area contributed by atoms with Gasteiger partial charge in [0.25, 0.3) is 0 Å². The van der Waals surface area contributed by atoms with Crippen molar-refractivity contribution >= 4 is 0 Å². The average Bonchev–Trinajstić information content (AvgIpc) is 2.64. The normalized spacial score (nSPS) is 30.5. The SMILES string of the molecule is CCCCCCCCCCC(CCC)OC1O[C@H](CO)[C@@H](O)[C@H](O)[C@H]1O. The van der Waals surface area contributed by atoms with Crippen molar-refractivity contribution in [2.24, 2.45) is 0 Å². The molecule has 0 radical (unpaired) electrons. The standard InChI is InChI=1S/C20H40O6/c1-3-5-6-7-8-9-10-11-13-15(12-4-2)25-20-19(24)18(23)17(22)16(14-21)26-20/h15-24H,3-14H2,1-2H3/t15?,16-,17-,18+,19-,20?/m1/s1. The highest BCUT2D eigenvalue weighted by Gasteiger charge is 2.44. The van der Waals surface area contributed by atoms with E-state index in [2.05, 4.69) is 13.8 Å². The van der Waals surface area contributed by atoms with Crippen LogP contribution in [0.25, 0.3) is 0 Å². The molecule has 0 spiro atoms. The van der Waals surface area contributed by atoms with Crippen molar-refractivity contribution in [3.8, 4) is 0 Å². The molecule has 4 N–H and O–H groups in total. The van der Waals surface area contributed by atoms with Crippen molar-refractivity contribution in [3.63, 3.8) is 0 Å². The lowest BCUT2D eigenvalue weighted by atomic mass is 9.99. The van der Waals surface area contributed by atoms with Gasteiger partial charge in [-0.3, -0.25) is 0 Å². The second-order valence-electron chi connectivity index (χ2n) is 7.51. The van der Waals surface area contributed by atoms with Crippen LogP contribution in [-0.2, 0) is 9.47 Å². The van der Waals surface area contributed by atoms with E-state index >= 15 is 0 Å². The number of hydrogen-bond donors (Lipinski definition) is 4. The molecule has 0 aromatic heterocycles. The Balaban J connectivity index is 2.34. The second-order valence-corrected chi connectivity index (χ2v) is 7.51. The maximum absolute atomic E-state index is 10.1. The Morgan fingerprint density at radius 1 is 0.769 bits per heavy atom. The van der Waals surface area contributed by atoms with Gasteiger partial charge in [0, 0.05) is 0 Å². The van der Waals surface area contributed by atoms with Crippen molar-refractivity contribution in [3.05, 3.63) is 0 Å². The molecule has 0 aromatic rings. The van der Waals surface area contributed by atoms with Crippen LogP contribution in [-0.4, -0.2) is 63.8 Å². The number of aliphatic hydroxyl groups excluding tert-OH is 4. The van der Waals surface area contributed by atoms with Crippen LogP contribution in [0.2, 0.25) is 0 Å². The first-order chi connectivity index (χ1) is 12.5. The smallest absolute Gasteiger partial charge is 0.186 e. The van der Waals surface area contributed by atoms with Gasteiger partial charge in [-0.15, -0.1) is 0 Å². The van der Waals surface area contributed by atoms with Gasteiger partial charge in [0.1, 0.15) is 24.4 Å². The maximum atomic E-state index is 10.1. The zero-order valence-corrected chi connectivity index (χ0v) is 16.6. The summed E-state index contributed by atoms with van der Waals surface area (Å²) in [4.78, 5) is 0. The lowest BCUT2D eigenvalue weighted by molar-refractivity contribution is -0.312. The maximum Gasteiger partial charge on any atom is 0.186 e. The fraction of sp³-hybridized carbons (Fsp3) is 1.00. The van der Waals surface area contributed by atoms with Crippen molar-refractivity contribution in [2.75, 3.05) is 6.61 Å². The number of aliphatic hydroxyl groups is 4. The molecule has 156 valence electrons. The fourth-order valence-corrected chi connectivity index (χ4v) is 3.48. The van der Waals surface area contributed by atoms with E-state index in [1.807, 2.05) is 0 Å². The summed E-state index contributed by atoms with van der Waals surface area (Å²) in [7, 11) is 0. The van der Waals surface area contributed by atoms with Crippen molar-refractivity contribution < 1.29 is 29.9 Å². The van der Waals surface area contributed by atoms with Crippen molar-refractivity contribution in [1.29, 1.82) is 0 Å². The van der Waals surface area contributed by atoms with E-state index in [0.29, 0.717) is 0 Å². The van der Waals surface area contributed by atoms with Gasteiger partial charge in [-0.2, -0.15) is 0 Å². The molecular formula is C20H40O6. The first-order valence-electron chi connectivity index (χ1n) is 10.5. The second kappa shape index (κ2) is 13.9. The number of ether oxygens (including phenoxy) is 2. The zero-order chi connectivity index (χ0) is 19.4. The molecule has 6 atom stereocenters. The minimum Gasteiger partial charge on any atom is -0.394 e. The van der Waals surface area contributed by atoms with Gasteiger partial charge >= 0.3 is 0 Å². The molecule has 1 fully saturated rings. The van der Waals surface area contributed by atoms with E-state index in [4.69, 9.17) is 9.47 Å². The molecule has 26 heavy (non-hydrogen) atoms. The fourth-order valence-electron chi connectivity index (χ4n) is 3.48. The molecule has 2 unspecified atom stereocenters. The van der Waals surface area contributed by atoms with E-state index in [9.17, 15) is 20.4 Å². The molecule has 0 amide bonds. The Morgan fingerprint density at radius 2 is 1.38 bits per heavy atom. The highest BCUT2D eigenvalue weighted by atomic mass is 16.7. The first-order valence-corrected chi connectivity index (χ1v) is 10.5. The molecule has 6 nitrogen and oxygen atoms in total. The summed E-state index contributed by atoms with van der Waals surface area (Å²) >= 11 is 0. The monoisotopic (exact) mass is 376 g/mol. The van der Waals surface area contributed by atoms with Crippen LogP contribution in [0.15, 0.2) is 0 Å². The minimum absolute atomic E-state index is 0.0541. The molecular weight excluding hydrogens is 336 g/mol. The van der Waals surface area contributed by atoms with Crippen LogP contribution in [0.3, 0.4) is 0 Å². The molecule has 6 heteroatoms. The summed E-state index contributed by atoms with van der Waals surface area (Å²) in [6.45, 7) is 3.88. The third-order valence-electron chi connectivity index (χ3n) is 5.17. The first kappa shape index (κ1) is 23.8. The number of hydrogen-bond acceptors (Lipinski definition) is 6. The molecule has 0 aromatic carbocycles. The Labute approximate surface area is 158 Å². The summed E-state index contributed by atoms with van der Waals surface area (Å²) in [6.07, 6.45) is 6.68. The molecule has 0 aliphatic carbocycles. The molecule has 1 aliphatic heterocycles. The van der Waals surface area contributed by atoms with Gasteiger partial charge in [0.15, 0.2) is 6.29 Å². The lowest BCUT2D eigenvalue weighted by Gasteiger charge is -2.41. The molecule has 0 bridgehead atoms. The summed E-state index contributed by atoms with van der Waals surface area (Å²) in [5.74, 6) is 0. The highest BCUT2D eigenvalue weighted by Crippen LogP contribution is 2.25. The predicted molar refractivity (Wildman–Crippen MR) is 101 cm³/mol. The highest BCUT2D eigenvalue weighted by molar-refractivity contribution is 4.89. The molecule has 0 saturated carbocycles. The topological polar surface area (TPSA) is 99.4 Å². The molecule has 1 saturated heterocycles. The van der Waals surface area contributed by atoms with Crippen LogP contribution in [0.5, 0.6) is 0 Å². The van der Waals surface area contributed by atoms with Gasteiger partial charge in [-0.25, -0.2) is 0 Å². The summed E-state index contributed by atoms with van der Waals surface area (Å²) in [5.41, 5.74) is 0. The van der Waals surface area contributed by atoms with E-state index in [-0.39, 0.29) is 6.10 Å². The van der Waals surface area contributed by atoms with Gasteiger partial charge in [0.05, 0.1) is 12.7 Å². The average molecular weight is 377 g/mol. The van der Waals surface area contributed by atoms with Crippen molar-refractivity contribution in [2.45, 2.75) is 121 Å². The molecule has 1 aliphatic rings. The van der Waals surface area contributed by atoms with Crippen LogP contribution in [0, 0.1) is 0 Å². The third kappa shape index (κ3) is 8.19. The van der Waals surface area contributed by atoms with Crippen LogP contribution < -0.4 is 0 Å². The number of rotatable bonds is 14. The van der Waals surface area contributed by atoms with Crippen molar-refractivity contribution in [1.82, 2.24) is 0 Å². The molecule has 1 heterocycles. The Bertz CT molecular complexity index is 338. The summed E-state index contributed by atoms with van der Waals surface area (Å²) in [6, 6.07) is 0. The van der Waals surface area contributed by atoms with Gasteiger partial charge in [0.2, 0.25) is 0 Å². The molecule has 1 rings (SSSR count). The number of unbranched alkanes of at least 4 members (excludes halogenated alkanes) is 7. The Kier molecular flexibility index (Phi) is 12.7. The van der Waals surface area contributed by atoms with Gasteiger partial charge in [-0.1, -0.05) is 71.6 Å². The quantitative estimate of drug-likeness (QED) is 0.348. The van der Waals surface area contributed by atoms with Crippen LogP contribution in [0.1, 0.15) is 84.5 Å². The lowest BCUT2D eigenvalue weighted by Crippen LogP contribution is -2.59. The van der Waals surface area contributed by atoms with Crippen LogP contribution in [0.4, 0.5) is 0 Å². The Morgan fingerprint density at radius 3 is 1.96 bits per heavy atom. The van der Waals surface area contributed by atoms with E-state index in [1.165, 1.54) is 44.9 Å². The summed E-state index contributed by atoms with van der Waals surface area (Å²) in [5, 5.41) is 39.1. The minimum atomic E-state index is -1.38. The predicted octanol–water partition coefficient (Wildman–Crippen LogP) is 2.50.